The lowest BCUT2D eigenvalue weighted by Crippen LogP contribution is -3.13. The number of aryl methyl sites for hydroxylation is 1. The van der Waals surface area contributed by atoms with E-state index in [-0.39, 0.29) is 0 Å². The van der Waals surface area contributed by atoms with Gasteiger partial charge in [0.15, 0.2) is 0 Å². The maximum atomic E-state index is 2.58. The predicted octanol–water partition coefficient (Wildman–Crippen LogP) is 4.51. The van der Waals surface area contributed by atoms with E-state index in [1.54, 1.807) is 4.90 Å². The van der Waals surface area contributed by atoms with Gasteiger partial charge in [-0.25, -0.2) is 0 Å². The first kappa shape index (κ1) is 18.2. The monoisotopic (exact) mass is 381 g/mol. The van der Waals surface area contributed by atoms with Crippen molar-refractivity contribution < 1.29 is 4.90 Å². The van der Waals surface area contributed by atoms with Crippen LogP contribution in [0.5, 0.6) is 0 Å². The van der Waals surface area contributed by atoms with Crippen LogP contribution in [-0.2, 0) is 6.54 Å². The highest BCUT2D eigenvalue weighted by molar-refractivity contribution is 6.02. The van der Waals surface area contributed by atoms with Crippen LogP contribution in [0.1, 0.15) is 16.7 Å². The van der Waals surface area contributed by atoms with Crippen LogP contribution in [-0.4, -0.2) is 26.2 Å². The standard InChI is InChI=1S/C27H28N2/c1-20-8-7-13-27(21(20)2)29-16-14-28(15-17-29)19-26-24-11-5-3-9-22(24)18-23-10-4-6-12-25(23)26/h3-13,18H,14-17,19H2,1-2H3/p+1. The van der Waals surface area contributed by atoms with Gasteiger partial charge in [0.25, 0.3) is 0 Å². The van der Waals surface area contributed by atoms with Gasteiger partial charge in [0.1, 0.15) is 6.54 Å². The maximum Gasteiger partial charge on any atom is 0.104 e. The van der Waals surface area contributed by atoms with Crippen LogP contribution in [0.3, 0.4) is 0 Å². The van der Waals surface area contributed by atoms with Gasteiger partial charge in [-0.2, -0.15) is 0 Å². The molecule has 4 aromatic rings. The molecule has 0 atom stereocenters. The Kier molecular flexibility index (Phi) is 4.73. The minimum Gasteiger partial charge on any atom is -0.360 e. The second kappa shape index (κ2) is 7.53. The number of piperazine rings is 1. The molecule has 29 heavy (non-hydrogen) atoms. The van der Waals surface area contributed by atoms with Crippen LogP contribution in [0.25, 0.3) is 21.5 Å². The van der Waals surface area contributed by atoms with E-state index in [9.17, 15) is 0 Å². The molecule has 1 aliphatic heterocycles. The summed E-state index contributed by atoms with van der Waals surface area (Å²) in [4.78, 5) is 4.26. The Labute approximate surface area is 173 Å². The Morgan fingerprint density at radius 1 is 0.759 bits per heavy atom. The third-order valence-electron chi connectivity index (χ3n) is 6.70. The fourth-order valence-corrected chi connectivity index (χ4v) is 4.87. The molecule has 1 N–H and O–H groups in total. The molecule has 0 saturated carbocycles. The summed E-state index contributed by atoms with van der Waals surface area (Å²) in [6.45, 7) is 10.2. The summed E-state index contributed by atoms with van der Waals surface area (Å²) in [5.41, 5.74) is 5.74. The predicted molar refractivity (Wildman–Crippen MR) is 124 cm³/mol. The maximum absolute atomic E-state index is 2.58. The molecule has 0 radical (unpaired) electrons. The summed E-state index contributed by atoms with van der Waals surface area (Å²) >= 11 is 0. The van der Waals surface area contributed by atoms with Crippen LogP contribution >= 0.6 is 0 Å². The number of quaternary nitrogens is 1. The number of benzene rings is 4. The molecule has 0 aromatic heterocycles. The topological polar surface area (TPSA) is 7.68 Å². The van der Waals surface area contributed by atoms with Crippen LogP contribution < -0.4 is 9.80 Å². The number of nitrogens with one attached hydrogen (secondary N) is 1. The molecule has 0 bridgehead atoms. The van der Waals surface area contributed by atoms with Crippen LogP contribution in [0, 0.1) is 13.8 Å². The van der Waals surface area contributed by atoms with Crippen molar-refractivity contribution in [2.24, 2.45) is 0 Å². The quantitative estimate of drug-likeness (QED) is 0.513. The zero-order valence-electron chi connectivity index (χ0n) is 17.4. The summed E-state index contributed by atoms with van der Waals surface area (Å²) in [5, 5.41) is 5.54. The number of rotatable bonds is 3. The third-order valence-corrected chi connectivity index (χ3v) is 6.70. The average molecular weight is 382 g/mol. The van der Waals surface area contributed by atoms with Gasteiger partial charge in [-0.15, -0.1) is 0 Å². The van der Waals surface area contributed by atoms with Gasteiger partial charge in [0.2, 0.25) is 0 Å². The molecule has 1 fully saturated rings. The first-order chi connectivity index (χ1) is 14.2. The van der Waals surface area contributed by atoms with Gasteiger partial charge in [-0.3, -0.25) is 0 Å². The molecule has 1 saturated heterocycles. The van der Waals surface area contributed by atoms with E-state index >= 15 is 0 Å². The second-order valence-corrected chi connectivity index (χ2v) is 8.43. The second-order valence-electron chi connectivity index (χ2n) is 8.43. The van der Waals surface area contributed by atoms with Crippen molar-refractivity contribution in [2.75, 3.05) is 31.1 Å². The van der Waals surface area contributed by atoms with Crippen molar-refractivity contribution in [3.8, 4) is 0 Å². The van der Waals surface area contributed by atoms with E-state index in [0.29, 0.717) is 0 Å². The molecule has 146 valence electrons. The van der Waals surface area contributed by atoms with Gasteiger partial charge in [-0.05, 0) is 58.7 Å². The SMILES string of the molecule is Cc1cccc(N2CC[NH+](Cc3c4ccccc4cc4ccccc34)CC2)c1C. The summed E-state index contributed by atoms with van der Waals surface area (Å²) < 4.78 is 0. The van der Waals surface area contributed by atoms with E-state index in [4.69, 9.17) is 0 Å². The Bertz CT molecular complexity index is 1120. The minimum atomic E-state index is 1.10. The molecular weight excluding hydrogens is 352 g/mol. The summed E-state index contributed by atoms with van der Waals surface area (Å²) in [5.74, 6) is 0. The number of fused-ring (bicyclic) bond motifs is 2. The van der Waals surface area contributed by atoms with Crippen molar-refractivity contribution >= 4 is 27.2 Å². The molecule has 5 rings (SSSR count). The molecule has 0 spiro atoms. The third kappa shape index (κ3) is 3.38. The highest BCUT2D eigenvalue weighted by atomic mass is 15.3. The zero-order valence-corrected chi connectivity index (χ0v) is 17.4. The van der Waals surface area contributed by atoms with Crippen molar-refractivity contribution in [3.63, 3.8) is 0 Å². The van der Waals surface area contributed by atoms with E-state index in [1.165, 1.54) is 57.0 Å². The molecule has 2 heteroatoms. The summed E-state index contributed by atoms with van der Waals surface area (Å²) in [7, 11) is 0. The van der Waals surface area contributed by atoms with Gasteiger partial charge in [-0.1, -0.05) is 60.7 Å². The first-order valence-corrected chi connectivity index (χ1v) is 10.7. The summed E-state index contributed by atoms with van der Waals surface area (Å²) in [6, 6.07) is 26.8. The van der Waals surface area contributed by atoms with Crippen LogP contribution in [0.4, 0.5) is 5.69 Å². The van der Waals surface area contributed by atoms with Gasteiger partial charge in [0, 0.05) is 11.3 Å². The molecule has 2 nitrogen and oxygen atoms in total. The van der Waals surface area contributed by atoms with E-state index < -0.39 is 0 Å². The molecule has 0 unspecified atom stereocenters. The fraction of sp³-hybridized carbons (Fsp3) is 0.259. The van der Waals surface area contributed by atoms with Crippen LogP contribution in [0.15, 0.2) is 72.8 Å². The van der Waals surface area contributed by atoms with Crippen molar-refractivity contribution in [1.82, 2.24) is 0 Å². The Balaban J connectivity index is 1.41. The normalized spacial score (nSPS) is 15.3. The van der Waals surface area contributed by atoms with E-state index in [0.717, 1.165) is 19.6 Å². The first-order valence-electron chi connectivity index (χ1n) is 10.7. The fourth-order valence-electron chi connectivity index (χ4n) is 4.87. The van der Waals surface area contributed by atoms with Gasteiger partial charge < -0.3 is 9.80 Å². The molecule has 4 aromatic carbocycles. The van der Waals surface area contributed by atoms with Crippen molar-refractivity contribution in [3.05, 3.63) is 89.5 Å². The van der Waals surface area contributed by atoms with E-state index in [1.807, 2.05) is 0 Å². The van der Waals surface area contributed by atoms with Gasteiger partial charge in [0.05, 0.1) is 26.2 Å². The van der Waals surface area contributed by atoms with E-state index in [2.05, 4.69) is 91.5 Å². The highest BCUT2D eigenvalue weighted by Crippen LogP contribution is 2.28. The number of hydrogen-bond donors (Lipinski definition) is 1. The Hall–Kier alpha value is -2.84. The average Bonchev–Trinajstić information content (AvgIpc) is 2.76. The molecule has 0 aliphatic carbocycles. The number of nitrogens with zero attached hydrogens (tertiary/aromatic N) is 1. The van der Waals surface area contributed by atoms with Crippen molar-refractivity contribution in [2.45, 2.75) is 20.4 Å². The largest absolute Gasteiger partial charge is 0.360 e. The lowest BCUT2D eigenvalue weighted by molar-refractivity contribution is -0.914. The lowest BCUT2D eigenvalue weighted by atomic mass is 9.96. The molecule has 1 aliphatic rings. The lowest BCUT2D eigenvalue weighted by Gasteiger charge is -2.35. The molecular formula is C27H29N2+. The number of hydrogen-bond acceptors (Lipinski definition) is 1. The van der Waals surface area contributed by atoms with Crippen LogP contribution in [0.2, 0.25) is 0 Å². The number of anilines is 1. The molecule has 1 heterocycles. The van der Waals surface area contributed by atoms with Crippen molar-refractivity contribution in [1.29, 1.82) is 0 Å². The Morgan fingerprint density at radius 2 is 1.38 bits per heavy atom. The molecule has 0 amide bonds. The highest BCUT2D eigenvalue weighted by Gasteiger charge is 2.23. The summed E-state index contributed by atoms with van der Waals surface area (Å²) in [6.07, 6.45) is 0. The Morgan fingerprint density at radius 3 is 2.03 bits per heavy atom. The minimum absolute atomic E-state index is 1.10. The van der Waals surface area contributed by atoms with Gasteiger partial charge >= 0.3 is 0 Å². The zero-order chi connectivity index (χ0) is 19.8. The smallest absolute Gasteiger partial charge is 0.104 e.